The van der Waals surface area contributed by atoms with Gasteiger partial charge in [0.15, 0.2) is 0 Å². The van der Waals surface area contributed by atoms with Gasteiger partial charge >= 0.3 is 0 Å². The van der Waals surface area contributed by atoms with Gasteiger partial charge in [-0.05, 0) is 31.5 Å². The number of nitrogens with zero attached hydrogens (tertiary/aromatic N) is 3. The fourth-order valence-corrected chi connectivity index (χ4v) is 3.58. The molecular formula is C20H21N3O. The summed E-state index contributed by atoms with van der Waals surface area (Å²) in [5, 5.41) is 6.83. The van der Waals surface area contributed by atoms with Crippen LogP contribution in [0.3, 0.4) is 0 Å². The summed E-state index contributed by atoms with van der Waals surface area (Å²) in [4.78, 5) is 14.2. The quantitative estimate of drug-likeness (QED) is 0.813. The Labute approximate surface area is 142 Å². The SMILES string of the molecule is O=CC1c2ccccc2C(c2ccccc2)=NN1CN1CCCC1. The Morgan fingerprint density at radius 2 is 1.71 bits per heavy atom. The molecule has 1 unspecified atom stereocenters. The molecule has 2 heterocycles. The van der Waals surface area contributed by atoms with E-state index in [4.69, 9.17) is 5.10 Å². The zero-order chi connectivity index (χ0) is 16.4. The molecule has 2 aliphatic heterocycles. The number of aldehydes is 1. The minimum atomic E-state index is -0.311. The average molecular weight is 319 g/mol. The highest BCUT2D eigenvalue weighted by Crippen LogP contribution is 2.31. The summed E-state index contributed by atoms with van der Waals surface area (Å²) in [5.41, 5.74) is 4.13. The van der Waals surface area contributed by atoms with Crippen molar-refractivity contribution in [2.75, 3.05) is 19.8 Å². The molecule has 1 fully saturated rings. The second-order valence-electron chi connectivity index (χ2n) is 6.39. The fraction of sp³-hybridized carbons (Fsp3) is 0.300. The minimum Gasteiger partial charge on any atom is -0.301 e. The van der Waals surface area contributed by atoms with E-state index in [0.29, 0.717) is 6.67 Å². The standard InChI is InChI=1S/C20H21N3O/c24-14-19-17-10-4-5-11-18(17)20(16-8-2-1-3-9-16)21-23(19)15-22-12-6-7-13-22/h1-5,8-11,14,19H,6-7,12-13,15H2. The van der Waals surface area contributed by atoms with Gasteiger partial charge in [0.05, 0.1) is 12.4 Å². The van der Waals surface area contributed by atoms with E-state index in [1.54, 1.807) is 0 Å². The van der Waals surface area contributed by atoms with Crippen LogP contribution in [-0.2, 0) is 4.79 Å². The zero-order valence-electron chi connectivity index (χ0n) is 13.6. The molecule has 0 bridgehead atoms. The Hall–Kier alpha value is -2.46. The lowest BCUT2D eigenvalue weighted by Crippen LogP contribution is -2.39. The molecule has 0 radical (unpaired) electrons. The second-order valence-corrected chi connectivity index (χ2v) is 6.39. The minimum absolute atomic E-state index is 0.311. The van der Waals surface area contributed by atoms with Crippen LogP contribution >= 0.6 is 0 Å². The topological polar surface area (TPSA) is 35.9 Å². The van der Waals surface area contributed by atoms with Crippen molar-refractivity contribution in [3.05, 3.63) is 71.3 Å². The molecule has 0 aromatic heterocycles. The number of carbonyl (C=O) groups is 1. The third-order valence-electron chi connectivity index (χ3n) is 4.80. The largest absolute Gasteiger partial charge is 0.301 e. The molecule has 0 N–H and O–H groups in total. The molecule has 1 saturated heterocycles. The Kier molecular flexibility index (Phi) is 4.13. The molecule has 2 aromatic rings. The summed E-state index contributed by atoms with van der Waals surface area (Å²) in [6, 6.07) is 18.0. The van der Waals surface area contributed by atoms with Crippen LogP contribution in [-0.4, -0.2) is 41.7 Å². The summed E-state index contributed by atoms with van der Waals surface area (Å²) >= 11 is 0. The maximum atomic E-state index is 11.8. The maximum absolute atomic E-state index is 11.8. The number of rotatable bonds is 4. The van der Waals surface area contributed by atoms with E-state index in [-0.39, 0.29) is 6.04 Å². The number of fused-ring (bicyclic) bond motifs is 1. The van der Waals surface area contributed by atoms with E-state index < -0.39 is 0 Å². The number of likely N-dealkylation sites (tertiary alicyclic amines) is 1. The third-order valence-corrected chi connectivity index (χ3v) is 4.80. The van der Waals surface area contributed by atoms with Crippen molar-refractivity contribution in [2.45, 2.75) is 18.9 Å². The molecule has 0 saturated carbocycles. The van der Waals surface area contributed by atoms with Crippen molar-refractivity contribution < 1.29 is 4.79 Å². The second kappa shape index (κ2) is 6.57. The lowest BCUT2D eigenvalue weighted by molar-refractivity contribution is -0.113. The van der Waals surface area contributed by atoms with Crippen LogP contribution in [0.5, 0.6) is 0 Å². The molecule has 4 heteroatoms. The molecule has 122 valence electrons. The van der Waals surface area contributed by atoms with Gasteiger partial charge in [0.25, 0.3) is 0 Å². The highest BCUT2D eigenvalue weighted by Gasteiger charge is 2.30. The molecule has 0 aliphatic carbocycles. The zero-order valence-corrected chi connectivity index (χ0v) is 13.6. The predicted molar refractivity (Wildman–Crippen MR) is 94.8 cm³/mol. The van der Waals surface area contributed by atoms with Crippen LogP contribution in [0.15, 0.2) is 59.7 Å². The molecule has 4 rings (SSSR count). The van der Waals surface area contributed by atoms with E-state index in [0.717, 1.165) is 41.8 Å². The Bertz CT molecular complexity index is 750. The van der Waals surface area contributed by atoms with E-state index in [9.17, 15) is 4.79 Å². The van der Waals surface area contributed by atoms with Crippen LogP contribution in [0.1, 0.15) is 35.6 Å². The number of carbonyl (C=O) groups excluding carboxylic acids is 1. The fourth-order valence-electron chi connectivity index (χ4n) is 3.58. The van der Waals surface area contributed by atoms with E-state index in [1.165, 1.54) is 12.8 Å². The molecule has 4 nitrogen and oxygen atoms in total. The summed E-state index contributed by atoms with van der Waals surface area (Å²) in [6.07, 6.45) is 3.47. The first-order chi connectivity index (χ1) is 11.9. The Morgan fingerprint density at radius 3 is 2.46 bits per heavy atom. The summed E-state index contributed by atoms with van der Waals surface area (Å²) < 4.78 is 0. The smallest absolute Gasteiger partial charge is 0.148 e. The molecule has 2 aliphatic rings. The molecular weight excluding hydrogens is 298 g/mol. The molecule has 2 aromatic carbocycles. The van der Waals surface area contributed by atoms with Gasteiger partial charge < -0.3 is 4.79 Å². The van der Waals surface area contributed by atoms with Gasteiger partial charge in [-0.25, -0.2) is 0 Å². The summed E-state index contributed by atoms with van der Waals surface area (Å²) in [6.45, 7) is 2.87. The van der Waals surface area contributed by atoms with Gasteiger partial charge in [0.2, 0.25) is 0 Å². The monoisotopic (exact) mass is 319 g/mol. The number of hydrogen-bond acceptors (Lipinski definition) is 4. The van der Waals surface area contributed by atoms with Crippen LogP contribution in [0.25, 0.3) is 0 Å². The summed E-state index contributed by atoms with van der Waals surface area (Å²) in [5.74, 6) is 0. The lowest BCUT2D eigenvalue weighted by atomic mass is 9.92. The van der Waals surface area contributed by atoms with Crippen molar-refractivity contribution in [3.63, 3.8) is 0 Å². The van der Waals surface area contributed by atoms with Crippen molar-refractivity contribution in [1.82, 2.24) is 9.91 Å². The third kappa shape index (κ3) is 2.74. The molecule has 0 spiro atoms. The Morgan fingerprint density at radius 1 is 1.00 bits per heavy atom. The van der Waals surface area contributed by atoms with Crippen molar-refractivity contribution >= 4 is 12.0 Å². The van der Waals surface area contributed by atoms with Crippen LogP contribution in [0.4, 0.5) is 0 Å². The van der Waals surface area contributed by atoms with Gasteiger partial charge in [0.1, 0.15) is 12.3 Å². The van der Waals surface area contributed by atoms with Gasteiger partial charge in [0, 0.05) is 11.1 Å². The van der Waals surface area contributed by atoms with Crippen molar-refractivity contribution in [2.24, 2.45) is 5.10 Å². The number of hydrogen-bond donors (Lipinski definition) is 0. The predicted octanol–water partition coefficient (Wildman–Crippen LogP) is 3.05. The van der Waals surface area contributed by atoms with E-state index in [1.807, 2.05) is 41.4 Å². The number of hydrazone groups is 1. The normalized spacial score (nSPS) is 20.6. The summed E-state index contributed by atoms with van der Waals surface area (Å²) in [7, 11) is 0. The van der Waals surface area contributed by atoms with Crippen molar-refractivity contribution in [1.29, 1.82) is 0 Å². The molecule has 0 amide bonds. The molecule has 1 atom stereocenters. The average Bonchev–Trinajstić information content (AvgIpc) is 3.15. The van der Waals surface area contributed by atoms with Crippen LogP contribution in [0, 0.1) is 0 Å². The van der Waals surface area contributed by atoms with E-state index >= 15 is 0 Å². The highest BCUT2D eigenvalue weighted by molar-refractivity contribution is 6.14. The first kappa shape index (κ1) is 15.1. The van der Waals surface area contributed by atoms with Crippen LogP contribution < -0.4 is 0 Å². The van der Waals surface area contributed by atoms with Gasteiger partial charge in [-0.1, -0.05) is 54.6 Å². The van der Waals surface area contributed by atoms with Gasteiger partial charge in [-0.3, -0.25) is 9.91 Å². The highest BCUT2D eigenvalue weighted by atomic mass is 16.1. The maximum Gasteiger partial charge on any atom is 0.148 e. The lowest BCUT2D eigenvalue weighted by Gasteiger charge is -2.35. The van der Waals surface area contributed by atoms with Crippen molar-refractivity contribution in [3.8, 4) is 0 Å². The first-order valence-corrected chi connectivity index (χ1v) is 8.54. The number of benzene rings is 2. The van der Waals surface area contributed by atoms with Crippen LogP contribution in [0.2, 0.25) is 0 Å². The molecule has 24 heavy (non-hydrogen) atoms. The van der Waals surface area contributed by atoms with E-state index in [2.05, 4.69) is 23.1 Å². The van der Waals surface area contributed by atoms with Gasteiger partial charge in [-0.15, -0.1) is 0 Å². The first-order valence-electron chi connectivity index (χ1n) is 8.54. The Balaban J connectivity index is 1.77. The van der Waals surface area contributed by atoms with Gasteiger partial charge in [-0.2, -0.15) is 5.10 Å².